The molecule has 8 atom stereocenters. The Labute approximate surface area is 303 Å². The molecule has 9 fully saturated rings. The second-order valence-electron chi connectivity index (χ2n) is 15.6. The summed E-state index contributed by atoms with van der Waals surface area (Å²) >= 11 is 0. The Morgan fingerprint density at radius 2 is 0.341 bits per heavy atom. The summed E-state index contributed by atoms with van der Waals surface area (Å²) in [6.07, 6.45) is 25.6. The maximum absolute atomic E-state index is 4.26. The van der Waals surface area contributed by atoms with Crippen LogP contribution < -0.4 is 79.8 Å². The molecule has 12 heteroatoms. The van der Waals surface area contributed by atoms with Gasteiger partial charge in [-0.15, -0.1) is 0 Å². The molecule has 4 aliphatic carbocycles. The predicted octanol–water partition coefficient (Wildman–Crippen LogP) is -6.76. The first-order chi connectivity index (χ1) is 19.8. The summed E-state index contributed by atoms with van der Waals surface area (Å²) in [4.78, 5) is 0. The molecule has 5 heterocycles. The average Bonchev–Trinajstić information content (AvgIpc) is 3.73. The molecule has 5 aliphatic heterocycles. The second kappa shape index (κ2) is 15.5. The van der Waals surface area contributed by atoms with Crippen molar-refractivity contribution in [2.75, 3.05) is 0 Å². The van der Waals surface area contributed by atoms with E-state index in [4.69, 9.17) is 0 Å². The molecule has 0 amide bonds. The van der Waals surface area contributed by atoms with E-state index < -0.39 is 0 Å². The number of nitrogens with one attached hydrogen (secondary N) is 8. The fourth-order valence-electron chi connectivity index (χ4n) is 12.0. The van der Waals surface area contributed by atoms with Crippen molar-refractivity contribution in [3.8, 4) is 0 Å². The van der Waals surface area contributed by atoms with Crippen LogP contribution in [-0.2, 0) is 0 Å². The van der Waals surface area contributed by atoms with Crippen LogP contribution in [0.25, 0.3) is 0 Å². The fraction of sp³-hybridized carbons (Fsp3) is 1.00. The van der Waals surface area contributed by atoms with Crippen LogP contribution in [0.2, 0.25) is 0 Å². The summed E-state index contributed by atoms with van der Waals surface area (Å²) in [5.74, 6) is 5.97. The van der Waals surface area contributed by atoms with Crippen molar-refractivity contribution in [3.63, 3.8) is 0 Å². The molecule has 5 saturated heterocycles. The molecule has 8 bridgehead atoms. The van der Waals surface area contributed by atoms with Gasteiger partial charge in [0.25, 0.3) is 0 Å². The van der Waals surface area contributed by atoms with Crippen LogP contribution in [0, 0.1) is 47.3 Å². The smallest absolute Gasteiger partial charge is 1.00 e. The third-order valence-corrected chi connectivity index (χ3v) is 13.8. The summed E-state index contributed by atoms with van der Waals surface area (Å²) in [6.45, 7) is 0. The first kappa shape index (κ1) is 36.7. The van der Waals surface area contributed by atoms with Crippen LogP contribution in [0.3, 0.4) is 0 Å². The Bertz CT molecular complexity index is 732. The molecule has 8 nitrogen and oxygen atoms in total. The standard InChI is InChI=1S/C32H56N8.3ClH.In/c1-2-10-18-17(9-1)25-33-26(18)38-28-21-13-5-6-14-22(21)30(35-28)40-32-24-16-8-7-15-23(24)31(36-32)39-29-20-12-4-3-11-19(20)27(34-29)37-25;;;;/h17-40H,1-16H2;3*1H;/q;;;;+3/p-3. The molecule has 8 N–H and O–H groups in total. The van der Waals surface area contributed by atoms with E-state index in [1.807, 2.05) is 0 Å². The Hall–Kier alpha value is 1.42. The van der Waals surface area contributed by atoms with Gasteiger partial charge in [-0.3, -0.25) is 42.5 Å². The molecule has 8 unspecified atom stereocenters. The third kappa shape index (κ3) is 6.53. The minimum atomic E-state index is 0. The van der Waals surface area contributed by atoms with Gasteiger partial charge in [0, 0.05) is 0 Å². The van der Waals surface area contributed by atoms with Crippen molar-refractivity contribution in [2.24, 2.45) is 47.3 Å². The zero-order valence-corrected chi connectivity index (χ0v) is 31.8. The number of fused-ring (bicyclic) bond motifs is 20. The van der Waals surface area contributed by atoms with Crippen LogP contribution in [0.4, 0.5) is 0 Å². The Morgan fingerprint density at radius 1 is 0.227 bits per heavy atom. The van der Waals surface area contributed by atoms with Gasteiger partial charge in [0.2, 0.25) is 0 Å². The summed E-state index contributed by atoms with van der Waals surface area (Å²) in [7, 11) is 0. The van der Waals surface area contributed by atoms with Crippen LogP contribution in [0.1, 0.15) is 103 Å². The van der Waals surface area contributed by atoms with Gasteiger partial charge in [-0.25, -0.2) is 0 Å². The van der Waals surface area contributed by atoms with Gasteiger partial charge in [0.05, 0.1) is 49.3 Å². The Balaban J connectivity index is 0.000000960. The normalized spacial score (nSPS) is 52.4. The molecule has 0 spiro atoms. The van der Waals surface area contributed by atoms with Crippen molar-refractivity contribution in [1.29, 1.82) is 0 Å². The zero-order valence-electron chi connectivity index (χ0n) is 26.3. The van der Waals surface area contributed by atoms with Gasteiger partial charge < -0.3 is 37.2 Å². The molecular weight excluding hydrogens is 718 g/mol. The molecule has 4 saturated carbocycles. The number of hydrogen-bond acceptors (Lipinski definition) is 8. The van der Waals surface area contributed by atoms with Gasteiger partial charge in [0.1, 0.15) is 0 Å². The topological polar surface area (TPSA) is 96.2 Å². The van der Waals surface area contributed by atoms with E-state index >= 15 is 0 Å². The first-order valence-corrected chi connectivity index (χ1v) is 17.9. The quantitative estimate of drug-likeness (QED) is 0.123. The summed E-state index contributed by atoms with van der Waals surface area (Å²) in [5, 5.41) is 33.8. The van der Waals surface area contributed by atoms with Crippen LogP contribution >= 0.6 is 0 Å². The van der Waals surface area contributed by atoms with E-state index in [0.717, 1.165) is 47.3 Å². The van der Waals surface area contributed by atoms with Gasteiger partial charge in [-0.1, -0.05) is 51.4 Å². The fourth-order valence-corrected chi connectivity index (χ4v) is 12.0. The summed E-state index contributed by atoms with van der Waals surface area (Å²) in [5.41, 5.74) is 0. The molecule has 44 heavy (non-hydrogen) atoms. The maximum atomic E-state index is 4.26. The minimum Gasteiger partial charge on any atom is -1.00 e. The van der Waals surface area contributed by atoms with E-state index in [1.165, 1.54) is 103 Å². The monoisotopic (exact) mass is 772 g/mol. The molecule has 0 aromatic rings. The average molecular weight is 774 g/mol. The number of rotatable bonds is 0. The largest absolute Gasteiger partial charge is 3.00 e. The SMILES string of the molecule is C1CCC2C3NC(NC4NC(NC5NC(NC6NC(N3)C3CCCCC63)C3CCCCC53)C3CCCCC43)C2C1.[Cl-].[Cl-].[Cl-].[In+3]. The van der Waals surface area contributed by atoms with Crippen molar-refractivity contribution in [3.05, 3.63) is 0 Å². The molecule has 0 aromatic heterocycles. The van der Waals surface area contributed by atoms with Gasteiger partial charge >= 0.3 is 25.8 Å². The predicted molar refractivity (Wildman–Crippen MR) is 163 cm³/mol. The van der Waals surface area contributed by atoms with Crippen LogP contribution in [0.5, 0.6) is 0 Å². The van der Waals surface area contributed by atoms with E-state index in [1.54, 1.807) is 0 Å². The molecule has 248 valence electrons. The van der Waals surface area contributed by atoms with Crippen molar-refractivity contribution >= 4 is 25.8 Å². The van der Waals surface area contributed by atoms with Crippen molar-refractivity contribution in [1.82, 2.24) is 42.5 Å². The van der Waals surface area contributed by atoms with Crippen LogP contribution in [0.15, 0.2) is 0 Å². The van der Waals surface area contributed by atoms with E-state index in [9.17, 15) is 0 Å². The maximum Gasteiger partial charge on any atom is 3.00 e. The summed E-state index contributed by atoms with van der Waals surface area (Å²) in [6, 6.07) is 0. The number of hydrogen-bond donors (Lipinski definition) is 8. The van der Waals surface area contributed by atoms with Crippen molar-refractivity contribution < 1.29 is 37.2 Å². The summed E-state index contributed by atoms with van der Waals surface area (Å²) < 4.78 is 0. The Kier molecular flexibility index (Phi) is 13.0. The minimum absolute atomic E-state index is 0. The molecule has 0 radical (unpaired) electrons. The molecule has 0 aromatic carbocycles. The van der Waals surface area contributed by atoms with E-state index in [-0.39, 0.29) is 63.1 Å². The third-order valence-electron chi connectivity index (χ3n) is 13.8. The van der Waals surface area contributed by atoms with Gasteiger partial charge in [-0.05, 0) is 98.7 Å². The van der Waals surface area contributed by atoms with Crippen LogP contribution in [-0.4, -0.2) is 75.2 Å². The number of halogens is 3. The van der Waals surface area contributed by atoms with Gasteiger partial charge in [0.15, 0.2) is 0 Å². The zero-order chi connectivity index (χ0) is 26.2. The second-order valence-corrected chi connectivity index (χ2v) is 15.6. The van der Waals surface area contributed by atoms with E-state index in [0.29, 0.717) is 49.3 Å². The molecule has 9 aliphatic rings. The van der Waals surface area contributed by atoms with Gasteiger partial charge in [-0.2, -0.15) is 0 Å². The van der Waals surface area contributed by atoms with E-state index in [2.05, 4.69) is 42.5 Å². The Morgan fingerprint density at radius 3 is 0.455 bits per heavy atom. The van der Waals surface area contributed by atoms with Crippen molar-refractivity contribution in [2.45, 2.75) is 152 Å². The molecular formula is C32H56Cl3InN8. The molecule has 9 rings (SSSR count). The first-order valence-electron chi connectivity index (χ1n) is 17.9.